The normalized spacial score (nSPS) is 17.3. The van der Waals surface area contributed by atoms with Gasteiger partial charge in [0.2, 0.25) is 0 Å². The van der Waals surface area contributed by atoms with Crippen molar-refractivity contribution in [3.63, 3.8) is 0 Å². The Labute approximate surface area is 219 Å². The molecule has 1 aliphatic heterocycles. The molecule has 1 saturated carbocycles. The molecule has 1 fully saturated rings. The lowest BCUT2D eigenvalue weighted by atomic mass is 10.1. The maximum Gasteiger partial charge on any atom is 0.141 e. The second kappa shape index (κ2) is 13.2. The van der Waals surface area contributed by atoms with Crippen molar-refractivity contribution in [2.45, 2.75) is 45.1 Å². The first kappa shape index (κ1) is 26.6. The number of likely N-dealkylation sites (N-methyl/N-ethyl adjacent to an activating group) is 1. The van der Waals surface area contributed by atoms with Gasteiger partial charge >= 0.3 is 0 Å². The van der Waals surface area contributed by atoms with Crippen LogP contribution in [0.4, 0.5) is 21.6 Å². The third kappa shape index (κ3) is 7.53. The molecule has 0 saturated heterocycles. The summed E-state index contributed by atoms with van der Waals surface area (Å²) < 4.78 is 13.5. The van der Waals surface area contributed by atoms with E-state index in [1.54, 1.807) is 18.3 Å². The molecule has 6 nitrogen and oxygen atoms in total. The standard InChI is InChI=1S/C28H38ClFN6/c1-2-35(18-15-32-22-5-3-4-6-22)20-36-16-12-21(13-17-36)7-9-24-27(11-14-33-28(24)31)34-23-8-10-26(30)25(29)19-23/h7-12,14,19,22,32H,2-6,13,15-18,20H2,1H3,(H3,31,33,34)/b9-7+. The number of anilines is 3. The number of nitrogen functional groups attached to an aromatic ring is 1. The lowest BCUT2D eigenvalue weighted by molar-refractivity contribution is 0.144. The largest absolute Gasteiger partial charge is 0.383 e. The zero-order valence-electron chi connectivity index (χ0n) is 21.1. The lowest BCUT2D eigenvalue weighted by Crippen LogP contribution is -2.43. The van der Waals surface area contributed by atoms with Crippen molar-refractivity contribution < 1.29 is 4.39 Å². The Hall–Kier alpha value is -2.45. The summed E-state index contributed by atoms with van der Waals surface area (Å²) >= 11 is 5.93. The fourth-order valence-corrected chi connectivity index (χ4v) is 5.05. The number of hydrogen-bond acceptors (Lipinski definition) is 6. The average Bonchev–Trinajstić information content (AvgIpc) is 3.40. The molecule has 0 amide bonds. The Morgan fingerprint density at radius 2 is 2.08 bits per heavy atom. The molecule has 1 aromatic carbocycles. The van der Waals surface area contributed by atoms with Crippen molar-refractivity contribution in [3.8, 4) is 0 Å². The number of nitrogens with one attached hydrogen (secondary N) is 2. The van der Waals surface area contributed by atoms with E-state index in [4.69, 9.17) is 17.3 Å². The summed E-state index contributed by atoms with van der Waals surface area (Å²) in [5.41, 5.74) is 9.76. The minimum Gasteiger partial charge on any atom is -0.383 e. The smallest absolute Gasteiger partial charge is 0.141 e. The number of benzene rings is 1. The van der Waals surface area contributed by atoms with E-state index in [1.165, 1.54) is 37.3 Å². The highest BCUT2D eigenvalue weighted by Crippen LogP contribution is 2.28. The maximum atomic E-state index is 13.5. The van der Waals surface area contributed by atoms with Crippen LogP contribution in [0.2, 0.25) is 5.02 Å². The van der Waals surface area contributed by atoms with E-state index >= 15 is 0 Å². The van der Waals surface area contributed by atoms with E-state index in [0.29, 0.717) is 11.5 Å². The molecule has 0 atom stereocenters. The van der Waals surface area contributed by atoms with Crippen LogP contribution in [0.1, 0.15) is 44.6 Å². The fourth-order valence-electron chi connectivity index (χ4n) is 4.87. The quantitative estimate of drug-likeness (QED) is 0.361. The topological polar surface area (TPSA) is 69.5 Å². The van der Waals surface area contributed by atoms with Crippen molar-refractivity contribution in [1.29, 1.82) is 0 Å². The number of halogens is 2. The van der Waals surface area contributed by atoms with Crippen LogP contribution in [0.25, 0.3) is 6.08 Å². The van der Waals surface area contributed by atoms with Crippen LogP contribution in [0.5, 0.6) is 0 Å². The molecule has 2 aliphatic rings. The van der Waals surface area contributed by atoms with Gasteiger partial charge in [0.1, 0.15) is 11.6 Å². The molecule has 36 heavy (non-hydrogen) atoms. The summed E-state index contributed by atoms with van der Waals surface area (Å²) in [7, 11) is 0. The summed E-state index contributed by atoms with van der Waals surface area (Å²) in [4.78, 5) is 9.26. The molecule has 1 aromatic heterocycles. The highest BCUT2D eigenvalue weighted by molar-refractivity contribution is 6.31. The van der Waals surface area contributed by atoms with Gasteiger partial charge in [-0.15, -0.1) is 0 Å². The number of hydrogen-bond donors (Lipinski definition) is 3. The molecule has 1 aliphatic carbocycles. The molecular formula is C28H38ClFN6. The second-order valence-electron chi connectivity index (χ2n) is 9.64. The zero-order chi connectivity index (χ0) is 25.3. The second-order valence-corrected chi connectivity index (χ2v) is 10.0. The van der Waals surface area contributed by atoms with E-state index in [9.17, 15) is 4.39 Å². The summed E-state index contributed by atoms with van der Waals surface area (Å²) in [6.07, 6.45) is 14.5. The van der Waals surface area contributed by atoms with Crippen molar-refractivity contribution in [3.05, 3.63) is 64.6 Å². The Bertz CT molecular complexity index is 1070. The summed E-state index contributed by atoms with van der Waals surface area (Å²) in [5.74, 6) is -0.00930. The number of pyridine rings is 1. The summed E-state index contributed by atoms with van der Waals surface area (Å²) in [6.45, 7) is 8.44. The van der Waals surface area contributed by atoms with E-state index in [1.807, 2.05) is 12.1 Å². The predicted octanol–water partition coefficient (Wildman–Crippen LogP) is 5.66. The van der Waals surface area contributed by atoms with Crippen molar-refractivity contribution >= 4 is 34.9 Å². The number of allylic oxidation sites excluding steroid dienone is 1. The molecule has 2 heterocycles. The Balaban J connectivity index is 1.31. The van der Waals surface area contributed by atoms with Crippen molar-refractivity contribution in [2.24, 2.45) is 0 Å². The van der Waals surface area contributed by atoms with Gasteiger partial charge < -0.3 is 16.4 Å². The van der Waals surface area contributed by atoms with Gasteiger partial charge in [-0.2, -0.15) is 0 Å². The molecule has 2 aromatic rings. The number of nitrogens with two attached hydrogens (primary N) is 1. The van der Waals surface area contributed by atoms with Gasteiger partial charge in [-0.05, 0) is 61.7 Å². The van der Waals surface area contributed by atoms with Crippen LogP contribution < -0.4 is 16.4 Å². The van der Waals surface area contributed by atoms with Gasteiger partial charge in [-0.25, -0.2) is 9.37 Å². The zero-order valence-corrected chi connectivity index (χ0v) is 21.9. The maximum absolute atomic E-state index is 13.5. The lowest BCUT2D eigenvalue weighted by Gasteiger charge is -2.31. The van der Waals surface area contributed by atoms with Crippen molar-refractivity contribution in [2.75, 3.05) is 50.4 Å². The summed E-state index contributed by atoms with van der Waals surface area (Å²) in [6, 6.07) is 7.13. The minimum absolute atomic E-state index is 0.0720. The molecular weight excluding hydrogens is 475 g/mol. The fraction of sp³-hybridized carbons (Fsp3) is 0.464. The average molecular weight is 513 g/mol. The van der Waals surface area contributed by atoms with Crippen LogP contribution in [-0.4, -0.2) is 60.2 Å². The van der Waals surface area contributed by atoms with Gasteiger partial charge in [0.25, 0.3) is 0 Å². The number of aromatic nitrogens is 1. The van der Waals surface area contributed by atoms with Crippen LogP contribution in [0.3, 0.4) is 0 Å². The van der Waals surface area contributed by atoms with Crippen LogP contribution in [0.15, 0.2) is 48.2 Å². The SMILES string of the molecule is CCN(CCNC1CCCC1)CN1CC=C(/C=C/c2c(Nc3ccc(F)c(Cl)c3)ccnc2N)CC1. The third-order valence-corrected chi connectivity index (χ3v) is 7.37. The molecule has 194 valence electrons. The number of rotatable bonds is 11. The highest BCUT2D eigenvalue weighted by atomic mass is 35.5. The molecule has 0 radical (unpaired) electrons. The Kier molecular flexibility index (Phi) is 9.75. The molecule has 4 rings (SSSR count). The number of nitrogens with zero attached hydrogens (tertiary/aromatic N) is 3. The van der Waals surface area contributed by atoms with E-state index < -0.39 is 5.82 Å². The summed E-state index contributed by atoms with van der Waals surface area (Å²) in [5, 5.41) is 7.08. The van der Waals surface area contributed by atoms with Crippen molar-refractivity contribution in [1.82, 2.24) is 20.1 Å². The molecule has 0 bridgehead atoms. The van der Waals surface area contributed by atoms with Gasteiger partial charge in [-0.1, -0.05) is 43.5 Å². The van der Waals surface area contributed by atoms with Gasteiger partial charge in [-0.3, -0.25) is 9.80 Å². The van der Waals surface area contributed by atoms with Gasteiger partial charge in [0, 0.05) is 49.7 Å². The first-order valence-electron chi connectivity index (χ1n) is 13.0. The van der Waals surface area contributed by atoms with Gasteiger partial charge in [0.15, 0.2) is 0 Å². The highest BCUT2D eigenvalue weighted by Gasteiger charge is 2.16. The van der Waals surface area contributed by atoms with E-state index in [0.717, 1.165) is 63.1 Å². The molecule has 4 N–H and O–H groups in total. The van der Waals surface area contributed by atoms with Crippen LogP contribution in [-0.2, 0) is 0 Å². The molecule has 0 unspecified atom stereocenters. The van der Waals surface area contributed by atoms with E-state index in [-0.39, 0.29) is 5.02 Å². The first-order chi connectivity index (χ1) is 17.5. The molecule has 0 spiro atoms. The monoisotopic (exact) mass is 512 g/mol. The predicted molar refractivity (Wildman–Crippen MR) is 149 cm³/mol. The van der Waals surface area contributed by atoms with Crippen LogP contribution in [0, 0.1) is 5.82 Å². The first-order valence-corrected chi connectivity index (χ1v) is 13.4. The third-order valence-electron chi connectivity index (χ3n) is 7.08. The van der Waals surface area contributed by atoms with Gasteiger partial charge in [0.05, 0.1) is 17.4 Å². The minimum atomic E-state index is -0.447. The van der Waals surface area contributed by atoms with Crippen LogP contribution >= 0.6 is 11.6 Å². The Morgan fingerprint density at radius 1 is 1.25 bits per heavy atom. The Morgan fingerprint density at radius 3 is 2.81 bits per heavy atom. The molecule has 8 heteroatoms. The van der Waals surface area contributed by atoms with E-state index in [2.05, 4.69) is 44.5 Å².